The molecule has 3 heterocycles. The maximum absolute atomic E-state index is 11.8. The molecule has 2 aromatic rings. The zero-order chi connectivity index (χ0) is 14.8. The molecule has 3 rings (SSSR count). The van der Waals surface area contributed by atoms with Gasteiger partial charge in [-0.1, -0.05) is 26.3 Å². The normalized spacial score (nSPS) is 17.4. The number of nitrogens with zero attached hydrogens (tertiary/aromatic N) is 2. The highest BCUT2D eigenvalue weighted by molar-refractivity contribution is 6.01. The number of rotatable bonds is 4. The van der Waals surface area contributed by atoms with Gasteiger partial charge in [0.05, 0.1) is 0 Å². The average molecular weight is 284 g/mol. The molecular formula is C16H20N4O. The van der Waals surface area contributed by atoms with Crippen molar-refractivity contribution >= 4 is 28.4 Å². The Morgan fingerprint density at radius 3 is 3.14 bits per heavy atom. The lowest BCUT2D eigenvalue weighted by Gasteiger charge is -2.24. The Labute approximate surface area is 124 Å². The number of aromatic nitrogens is 2. The largest absolute Gasteiger partial charge is 0.368 e. The van der Waals surface area contributed by atoms with Gasteiger partial charge in [0.25, 0.3) is 0 Å². The fraction of sp³-hybridized carbons (Fsp3) is 0.438. The second kappa shape index (κ2) is 5.68. The van der Waals surface area contributed by atoms with Crippen LogP contribution in [0.4, 0.5) is 11.6 Å². The molecule has 1 atom stereocenters. The molecule has 110 valence electrons. The SMILES string of the molecule is CCCCNc1nc2c(c3cccnc13)C(C)CC(=O)N2. The highest BCUT2D eigenvalue weighted by Crippen LogP contribution is 2.38. The number of carbonyl (C=O) groups excluding carboxylic acids is 1. The highest BCUT2D eigenvalue weighted by atomic mass is 16.1. The third-order valence-electron chi connectivity index (χ3n) is 3.87. The number of hydrogen-bond donors (Lipinski definition) is 2. The average Bonchev–Trinajstić information content (AvgIpc) is 2.46. The molecule has 5 nitrogen and oxygen atoms in total. The second-order valence-electron chi connectivity index (χ2n) is 5.56. The summed E-state index contributed by atoms with van der Waals surface area (Å²) in [6, 6.07) is 3.99. The van der Waals surface area contributed by atoms with E-state index in [1.54, 1.807) is 6.20 Å². The Balaban J connectivity index is 2.12. The Bertz CT molecular complexity index is 683. The number of nitrogens with one attached hydrogen (secondary N) is 2. The van der Waals surface area contributed by atoms with Crippen molar-refractivity contribution in [3.63, 3.8) is 0 Å². The molecule has 1 aliphatic rings. The minimum Gasteiger partial charge on any atom is -0.368 e. The maximum atomic E-state index is 11.8. The number of fused-ring (bicyclic) bond motifs is 3. The van der Waals surface area contributed by atoms with Crippen molar-refractivity contribution < 1.29 is 4.79 Å². The van der Waals surface area contributed by atoms with Crippen molar-refractivity contribution in [2.24, 2.45) is 0 Å². The smallest absolute Gasteiger partial charge is 0.226 e. The number of amides is 1. The number of unbranched alkanes of at least 4 members (excludes halogenated alkanes) is 1. The van der Waals surface area contributed by atoms with Gasteiger partial charge in [-0.15, -0.1) is 0 Å². The van der Waals surface area contributed by atoms with Crippen LogP contribution in [0.5, 0.6) is 0 Å². The molecule has 0 spiro atoms. The van der Waals surface area contributed by atoms with Gasteiger partial charge in [-0.25, -0.2) is 4.98 Å². The summed E-state index contributed by atoms with van der Waals surface area (Å²) in [7, 11) is 0. The summed E-state index contributed by atoms with van der Waals surface area (Å²) in [6.45, 7) is 5.08. The van der Waals surface area contributed by atoms with Crippen LogP contribution in [0.3, 0.4) is 0 Å². The van der Waals surface area contributed by atoms with Gasteiger partial charge in [-0.2, -0.15) is 0 Å². The highest BCUT2D eigenvalue weighted by Gasteiger charge is 2.26. The van der Waals surface area contributed by atoms with Crippen molar-refractivity contribution in [2.75, 3.05) is 17.2 Å². The molecule has 0 saturated heterocycles. The minimum atomic E-state index is 0.0326. The Hall–Kier alpha value is -2.17. The van der Waals surface area contributed by atoms with Crippen LogP contribution in [0.2, 0.25) is 0 Å². The van der Waals surface area contributed by atoms with E-state index >= 15 is 0 Å². The molecule has 0 fully saturated rings. The summed E-state index contributed by atoms with van der Waals surface area (Å²) in [5.74, 6) is 1.63. The van der Waals surface area contributed by atoms with Crippen molar-refractivity contribution in [1.29, 1.82) is 0 Å². The number of hydrogen-bond acceptors (Lipinski definition) is 4. The minimum absolute atomic E-state index is 0.0326. The van der Waals surface area contributed by atoms with Crippen LogP contribution in [-0.2, 0) is 4.79 Å². The fourth-order valence-corrected chi connectivity index (χ4v) is 2.83. The van der Waals surface area contributed by atoms with Crippen LogP contribution < -0.4 is 10.6 Å². The molecular weight excluding hydrogens is 264 g/mol. The first kappa shape index (κ1) is 13.8. The van der Waals surface area contributed by atoms with Gasteiger partial charge in [0.15, 0.2) is 5.82 Å². The van der Waals surface area contributed by atoms with Crippen LogP contribution in [0.1, 0.15) is 44.6 Å². The quantitative estimate of drug-likeness (QED) is 0.845. The first-order chi connectivity index (χ1) is 10.2. The summed E-state index contributed by atoms with van der Waals surface area (Å²) < 4.78 is 0. The van der Waals surface area contributed by atoms with Crippen molar-refractivity contribution in [3.05, 3.63) is 23.9 Å². The van der Waals surface area contributed by atoms with Gasteiger partial charge in [0.2, 0.25) is 5.91 Å². The van der Waals surface area contributed by atoms with Gasteiger partial charge >= 0.3 is 0 Å². The van der Waals surface area contributed by atoms with E-state index in [9.17, 15) is 4.79 Å². The number of anilines is 2. The molecule has 0 bridgehead atoms. The Morgan fingerprint density at radius 2 is 2.33 bits per heavy atom. The van der Waals surface area contributed by atoms with Crippen LogP contribution >= 0.6 is 0 Å². The zero-order valence-corrected chi connectivity index (χ0v) is 12.4. The molecule has 1 amide bonds. The fourth-order valence-electron chi connectivity index (χ4n) is 2.83. The predicted molar refractivity (Wildman–Crippen MR) is 84.6 cm³/mol. The first-order valence-electron chi connectivity index (χ1n) is 7.53. The van der Waals surface area contributed by atoms with E-state index < -0.39 is 0 Å². The number of carbonyl (C=O) groups is 1. The molecule has 1 unspecified atom stereocenters. The van der Waals surface area contributed by atoms with Gasteiger partial charge in [0.1, 0.15) is 11.3 Å². The van der Waals surface area contributed by atoms with E-state index in [0.29, 0.717) is 12.2 Å². The van der Waals surface area contributed by atoms with E-state index in [1.807, 2.05) is 6.07 Å². The molecule has 5 heteroatoms. The lowest BCUT2D eigenvalue weighted by atomic mass is 9.91. The van der Waals surface area contributed by atoms with E-state index in [0.717, 1.165) is 41.7 Å². The van der Waals surface area contributed by atoms with E-state index in [4.69, 9.17) is 0 Å². The van der Waals surface area contributed by atoms with Crippen molar-refractivity contribution in [2.45, 2.75) is 39.0 Å². The number of pyridine rings is 2. The van der Waals surface area contributed by atoms with Crippen LogP contribution in [-0.4, -0.2) is 22.4 Å². The predicted octanol–water partition coefficient (Wildman–Crippen LogP) is 3.29. The van der Waals surface area contributed by atoms with Crippen LogP contribution in [0.15, 0.2) is 18.3 Å². The van der Waals surface area contributed by atoms with Crippen LogP contribution in [0, 0.1) is 0 Å². The third-order valence-corrected chi connectivity index (χ3v) is 3.87. The molecule has 2 N–H and O–H groups in total. The molecule has 2 aromatic heterocycles. The zero-order valence-electron chi connectivity index (χ0n) is 12.4. The van der Waals surface area contributed by atoms with Gasteiger partial charge in [0, 0.05) is 30.1 Å². The second-order valence-corrected chi connectivity index (χ2v) is 5.56. The summed E-state index contributed by atoms with van der Waals surface area (Å²) in [5.41, 5.74) is 1.98. The Morgan fingerprint density at radius 1 is 1.48 bits per heavy atom. The van der Waals surface area contributed by atoms with Crippen molar-refractivity contribution in [3.8, 4) is 0 Å². The summed E-state index contributed by atoms with van der Waals surface area (Å²) in [4.78, 5) is 20.8. The molecule has 0 saturated carbocycles. The topological polar surface area (TPSA) is 66.9 Å². The molecule has 21 heavy (non-hydrogen) atoms. The molecule has 1 aliphatic heterocycles. The van der Waals surface area contributed by atoms with Gasteiger partial charge in [-0.3, -0.25) is 9.78 Å². The Kier molecular flexibility index (Phi) is 3.73. The van der Waals surface area contributed by atoms with Gasteiger partial charge < -0.3 is 10.6 Å². The van der Waals surface area contributed by atoms with Crippen LogP contribution in [0.25, 0.3) is 10.9 Å². The van der Waals surface area contributed by atoms with E-state index in [-0.39, 0.29) is 11.8 Å². The standard InChI is InChI=1S/C16H20N4O/c1-3-4-7-18-16-14-11(6-5-8-17-14)13-10(2)9-12(21)19-15(13)20-16/h5-6,8,10H,3-4,7,9H2,1-2H3,(H2,18,19,20,21). The lowest BCUT2D eigenvalue weighted by Crippen LogP contribution is -2.23. The maximum Gasteiger partial charge on any atom is 0.226 e. The van der Waals surface area contributed by atoms with E-state index in [2.05, 4.69) is 40.5 Å². The summed E-state index contributed by atoms with van der Waals surface area (Å²) in [5, 5.41) is 7.32. The summed E-state index contributed by atoms with van der Waals surface area (Å²) in [6.07, 6.45) is 4.49. The van der Waals surface area contributed by atoms with Gasteiger partial charge in [-0.05, 0) is 18.4 Å². The lowest BCUT2D eigenvalue weighted by molar-refractivity contribution is -0.116. The first-order valence-corrected chi connectivity index (χ1v) is 7.53. The molecule has 0 aromatic carbocycles. The monoisotopic (exact) mass is 284 g/mol. The van der Waals surface area contributed by atoms with E-state index in [1.165, 1.54) is 0 Å². The third kappa shape index (κ3) is 2.55. The molecule has 0 aliphatic carbocycles. The van der Waals surface area contributed by atoms with Crippen molar-refractivity contribution in [1.82, 2.24) is 9.97 Å². The summed E-state index contributed by atoms with van der Waals surface area (Å²) >= 11 is 0. The molecule has 0 radical (unpaired) electrons.